The van der Waals surface area contributed by atoms with E-state index in [0.29, 0.717) is 5.88 Å². The van der Waals surface area contributed by atoms with E-state index >= 15 is 0 Å². The monoisotopic (exact) mass is 269 g/mol. The quantitative estimate of drug-likeness (QED) is 0.790. The third-order valence-electron chi connectivity index (χ3n) is 4.10. The molecule has 2 aliphatic rings. The number of piperazine rings is 1. The second kappa shape index (κ2) is 5.49. The summed E-state index contributed by atoms with van der Waals surface area (Å²) in [6.45, 7) is 4.28. The number of halogens is 1. The summed E-state index contributed by atoms with van der Waals surface area (Å²) in [5, 5.41) is 0. The fourth-order valence-corrected chi connectivity index (χ4v) is 3.17. The Morgan fingerprint density at radius 3 is 2.56 bits per heavy atom. The van der Waals surface area contributed by atoms with E-state index in [0.717, 1.165) is 43.9 Å². The summed E-state index contributed by atoms with van der Waals surface area (Å²) in [6, 6.07) is 1.56. The van der Waals surface area contributed by atoms with Crippen molar-refractivity contribution >= 4 is 17.6 Å². The van der Waals surface area contributed by atoms with Gasteiger partial charge in [0, 0.05) is 32.2 Å². The van der Waals surface area contributed by atoms with Crippen molar-refractivity contribution in [2.24, 2.45) is 0 Å². The lowest BCUT2D eigenvalue weighted by molar-refractivity contribution is 0.185. The highest BCUT2D eigenvalue weighted by Gasteiger charge is 2.27. The third-order valence-corrected chi connectivity index (χ3v) is 4.38. The summed E-state index contributed by atoms with van der Waals surface area (Å²) < 4.78 is 5.47. The first kappa shape index (κ1) is 12.3. The number of hydrogen-bond acceptors (Lipinski definition) is 4. The van der Waals surface area contributed by atoms with Crippen molar-refractivity contribution in [3.63, 3.8) is 0 Å². The molecule has 4 nitrogen and oxygen atoms in total. The van der Waals surface area contributed by atoms with E-state index in [2.05, 4.69) is 14.8 Å². The maximum absolute atomic E-state index is 5.74. The van der Waals surface area contributed by atoms with Crippen LogP contribution in [0.25, 0.3) is 0 Å². The number of anilines is 1. The van der Waals surface area contributed by atoms with E-state index in [1.165, 1.54) is 25.7 Å². The lowest BCUT2D eigenvalue weighted by Crippen LogP contribution is -2.49. The van der Waals surface area contributed by atoms with Crippen LogP contribution in [-0.2, 0) is 5.88 Å². The molecule has 0 bridgehead atoms. The molecule has 5 heteroatoms. The van der Waals surface area contributed by atoms with Gasteiger partial charge in [-0.3, -0.25) is 4.90 Å². The first-order valence-electron chi connectivity index (χ1n) is 6.86. The second-order valence-corrected chi connectivity index (χ2v) is 5.48. The molecule has 0 spiro atoms. The van der Waals surface area contributed by atoms with Crippen LogP contribution in [0.15, 0.2) is 10.7 Å². The van der Waals surface area contributed by atoms with Crippen LogP contribution in [0.2, 0.25) is 0 Å². The smallest absolute Gasteiger partial charge is 0.297 e. The Labute approximate surface area is 113 Å². The third kappa shape index (κ3) is 2.50. The van der Waals surface area contributed by atoms with Crippen LogP contribution < -0.4 is 4.90 Å². The number of oxazole rings is 1. The van der Waals surface area contributed by atoms with Crippen molar-refractivity contribution in [2.45, 2.75) is 37.6 Å². The predicted molar refractivity (Wildman–Crippen MR) is 72.1 cm³/mol. The van der Waals surface area contributed by atoms with Gasteiger partial charge in [0.2, 0.25) is 0 Å². The Balaban J connectivity index is 1.55. The molecule has 1 aromatic rings. The van der Waals surface area contributed by atoms with Gasteiger partial charge in [-0.05, 0) is 12.8 Å². The molecule has 3 rings (SSSR count). The first-order chi connectivity index (χ1) is 8.86. The van der Waals surface area contributed by atoms with Crippen LogP contribution in [0.1, 0.15) is 31.4 Å². The minimum Gasteiger partial charge on any atom is -0.432 e. The number of rotatable bonds is 3. The first-order valence-corrected chi connectivity index (χ1v) is 7.39. The molecule has 1 saturated heterocycles. The number of hydrogen-bond donors (Lipinski definition) is 0. The van der Waals surface area contributed by atoms with E-state index in [1.807, 2.05) is 0 Å². The van der Waals surface area contributed by atoms with Crippen LogP contribution in [0.5, 0.6) is 0 Å². The summed E-state index contributed by atoms with van der Waals surface area (Å²) in [6.07, 6.45) is 7.24. The maximum atomic E-state index is 5.74. The zero-order valence-corrected chi connectivity index (χ0v) is 11.4. The summed E-state index contributed by atoms with van der Waals surface area (Å²) in [4.78, 5) is 9.24. The molecule has 2 heterocycles. The maximum Gasteiger partial charge on any atom is 0.297 e. The summed E-state index contributed by atoms with van der Waals surface area (Å²) in [7, 11) is 0. The molecular formula is C13H20ClN3O. The van der Waals surface area contributed by atoms with Gasteiger partial charge in [0.25, 0.3) is 6.01 Å². The van der Waals surface area contributed by atoms with Gasteiger partial charge in [-0.25, -0.2) is 0 Å². The molecule has 1 aliphatic carbocycles. The standard InChI is InChI=1S/C13H20ClN3O/c14-9-11-10-18-13(15-11)17-7-5-16(6-8-17)12-3-1-2-4-12/h10,12H,1-9H2. The Morgan fingerprint density at radius 2 is 1.94 bits per heavy atom. The van der Waals surface area contributed by atoms with Crippen molar-refractivity contribution in [3.05, 3.63) is 12.0 Å². The molecule has 2 fully saturated rings. The van der Waals surface area contributed by atoms with E-state index in [-0.39, 0.29) is 0 Å². The van der Waals surface area contributed by atoms with Gasteiger partial charge in [-0.2, -0.15) is 4.98 Å². The van der Waals surface area contributed by atoms with Crippen LogP contribution in [0, 0.1) is 0 Å². The highest BCUT2D eigenvalue weighted by atomic mass is 35.5. The van der Waals surface area contributed by atoms with E-state index in [1.54, 1.807) is 6.26 Å². The highest BCUT2D eigenvalue weighted by molar-refractivity contribution is 6.16. The number of alkyl halides is 1. The fraction of sp³-hybridized carbons (Fsp3) is 0.769. The Morgan fingerprint density at radius 1 is 1.22 bits per heavy atom. The van der Waals surface area contributed by atoms with Crippen molar-refractivity contribution in [1.29, 1.82) is 0 Å². The molecule has 1 aromatic heterocycles. The van der Waals surface area contributed by atoms with Crippen molar-refractivity contribution in [2.75, 3.05) is 31.1 Å². The molecule has 0 aromatic carbocycles. The number of aromatic nitrogens is 1. The van der Waals surface area contributed by atoms with Gasteiger partial charge in [-0.15, -0.1) is 11.6 Å². The van der Waals surface area contributed by atoms with Crippen LogP contribution in [0.4, 0.5) is 6.01 Å². The molecule has 0 atom stereocenters. The average molecular weight is 270 g/mol. The van der Waals surface area contributed by atoms with Gasteiger partial charge < -0.3 is 9.32 Å². The normalized spacial score (nSPS) is 22.8. The predicted octanol–water partition coefficient (Wildman–Crippen LogP) is 2.48. The Kier molecular flexibility index (Phi) is 3.75. The van der Waals surface area contributed by atoms with Crippen molar-refractivity contribution < 1.29 is 4.42 Å². The average Bonchev–Trinajstić information content (AvgIpc) is 3.10. The van der Waals surface area contributed by atoms with Crippen molar-refractivity contribution in [1.82, 2.24) is 9.88 Å². The molecule has 1 aliphatic heterocycles. The molecule has 0 amide bonds. The molecule has 18 heavy (non-hydrogen) atoms. The molecular weight excluding hydrogens is 250 g/mol. The lowest BCUT2D eigenvalue weighted by atomic mass is 10.2. The molecule has 0 unspecified atom stereocenters. The zero-order valence-electron chi connectivity index (χ0n) is 10.6. The van der Waals surface area contributed by atoms with Gasteiger partial charge >= 0.3 is 0 Å². The van der Waals surface area contributed by atoms with Gasteiger partial charge in [0.05, 0.1) is 11.6 Å². The van der Waals surface area contributed by atoms with E-state index < -0.39 is 0 Å². The van der Waals surface area contributed by atoms with Gasteiger partial charge in [-0.1, -0.05) is 12.8 Å². The van der Waals surface area contributed by atoms with Gasteiger partial charge in [0.1, 0.15) is 6.26 Å². The van der Waals surface area contributed by atoms with E-state index in [4.69, 9.17) is 16.0 Å². The fourth-order valence-electron chi connectivity index (χ4n) is 3.05. The summed E-state index contributed by atoms with van der Waals surface area (Å²) in [5.41, 5.74) is 0.824. The SMILES string of the molecule is ClCc1coc(N2CCN(C3CCCC3)CC2)n1. The lowest BCUT2D eigenvalue weighted by Gasteiger charge is -2.37. The minimum atomic E-state index is 0.422. The molecule has 100 valence electrons. The number of nitrogens with zero attached hydrogens (tertiary/aromatic N) is 3. The van der Waals surface area contributed by atoms with Crippen LogP contribution in [0.3, 0.4) is 0 Å². The zero-order chi connectivity index (χ0) is 12.4. The Bertz CT molecular complexity index is 381. The van der Waals surface area contributed by atoms with Gasteiger partial charge in [0.15, 0.2) is 0 Å². The summed E-state index contributed by atoms with van der Waals surface area (Å²) in [5.74, 6) is 0.422. The minimum absolute atomic E-state index is 0.422. The van der Waals surface area contributed by atoms with E-state index in [9.17, 15) is 0 Å². The van der Waals surface area contributed by atoms with Crippen LogP contribution >= 0.6 is 11.6 Å². The van der Waals surface area contributed by atoms with Crippen LogP contribution in [-0.4, -0.2) is 42.1 Å². The summed E-state index contributed by atoms with van der Waals surface area (Å²) >= 11 is 5.74. The second-order valence-electron chi connectivity index (χ2n) is 5.22. The molecule has 1 saturated carbocycles. The molecule has 0 N–H and O–H groups in total. The van der Waals surface area contributed by atoms with Crippen molar-refractivity contribution in [3.8, 4) is 0 Å². The molecule has 0 radical (unpaired) electrons. The largest absolute Gasteiger partial charge is 0.432 e. The highest BCUT2D eigenvalue weighted by Crippen LogP contribution is 2.25. The Hall–Kier alpha value is -0.740. The topological polar surface area (TPSA) is 32.5 Å².